The van der Waals surface area contributed by atoms with Gasteiger partial charge in [0, 0.05) is 0 Å². The summed E-state index contributed by atoms with van der Waals surface area (Å²) in [5.41, 5.74) is -1.24. The zero-order valence-corrected chi connectivity index (χ0v) is 9.75. The van der Waals surface area contributed by atoms with Gasteiger partial charge in [0.1, 0.15) is 0 Å². The molecule has 1 saturated carbocycles. The largest absolute Gasteiger partial charge is 0.321 e. The van der Waals surface area contributed by atoms with Crippen LogP contribution in [0.2, 0.25) is 0 Å². The van der Waals surface area contributed by atoms with Crippen molar-refractivity contribution in [1.29, 1.82) is 0 Å². The molecule has 2 rings (SSSR count). The molecular formula is C9H16O5S. The van der Waals surface area contributed by atoms with E-state index >= 15 is 0 Å². The smallest absolute Gasteiger partial charge is 0.306 e. The van der Waals surface area contributed by atoms with E-state index in [1.807, 2.05) is 0 Å². The molecule has 0 N–H and O–H groups in total. The summed E-state index contributed by atoms with van der Waals surface area (Å²) in [6, 6.07) is 0. The molecule has 0 aromatic heterocycles. The zero-order chi connectivity index (χ0) is 11.1. The Morgan fingerprint density at radius 2 is 1.73 bits per heavy atom. The number of ether oxygens (including phenoxy) is 2. The fourth-order valence-electron chi connectivity index (χ4n) is 1.81. The highest BCUT2D eigenvalue weighted by Crippen LogP contribution is 2.33. The maximum absolute atomic E-state index is 11.6. The monoisotopic (exact) mass is 236 g/mol. The maximum atomic E-state index is 11.6. The van der Waals surface area contributed by atoms with Gasteiger partial charge in [-0.1, -0.05) is 12.8 Å². The second kappa shape index (κ2) is 3.69. The van der Waals surface area contributed by atoms with Crippen LogP contribution in [0.3, 0.4) is 0 Å². The molecule has 0 unspecified atom stereocenters. The molecular weight excluding hydrogens is 220 g/mol. The van der Waals surface area contributed by atoms with Gasteiger partial charge in [0.2, 0.25) is 0 Å². The minimum atomic E-state index is -3.72. The van der Waals surface area contributed by atoms with Crippen LogP contribution in [0.1, 0.15) is 39.5 Å². The lowest BCUT2D eigenvalue weighted by atomic mass is 10.3. The maximum Gasteiger partial charge on any atom is 0.321 e. The van der Waals surface area contributed by atoms with E-state index in [2.05, 4.69) is 0 Å². The summed E-state index contributed by atoms with van der Waals surface area (Å²) in [7, 11) is -3.72. The van der Waals surface area contributed by atoms with Crippen LogP contribution in [0.5, 0.6) is 0 Å². The molecule has 0 atom stereocenters. The summed E-state index contributed by atoms with van der Waals surface area (Å²) in [6.45, 7) is 3.32. The van der Waals surface area contributed by atoms with Crippen molar-refractivity contribution in [3.8, 4) is 0 Å². The van der Waals surface area contributed by atoms with Crippen LogP contribution in [0.25, 0.3) is 0 Å². The average molecular weight is 236 g/mol. The summed E-state index contributed by atoms with van der Waals surface area (Å²) < 4.78 is 38.3. The number of rotatable bonds is 3. The number of hydrogen-bond acceptors (Lipinski definition) is 5. The molecule has 0 radical (unpaired) electrons. The molecule has 1 saturated heterocycles. The molecule has 15 heavy (non-hydrogen) atoms. The Morgan fingerprint density at radius 3 is 2.20 bits per heavy atom. The van der Waals surface area contributed by atoms with E-state index < -0.39 is 21.5 Å². The minimum Gasteiger partial charge on any atom is -0.306 e. The first-order valence-corrected chi connectivity index (χ1v) is 6.64. The molecule has 1 heterocycles. The molecule has 0 bridgehead atoms. The van der Waals surface area contributed by atoms with Gasteiger partial charge in [-0.05, 0) is 26.7 Å². The van der Waals surface area contributed by atoms with E-state index in [4.69, 9.17) is 13.7 Å². The van der Waals surface area contributed by atoms with Crippen LogP contribution < -0.4 is 0 Å². The minimum absolute atomic E-state index is 0.189. The lowest BCUT2D eigenvalue weighted by Gasteiger charge is -2.41. The van der Waals surface area contributed by atoms with Crippen molar-refractivity contribution in [2.45, 2.75) is 57.0 Å². The van der Waals surface area contributed by atoms with E-state index in [-0.39, 0.29) is 6.10 Å². The van der Waals surface area contributed by atoms with Gasteiger partial charge in [0.15, 0.2) is 5.79 Å². The van der Waals surface area contributed by atoms with Crippen molar-refractivity contribution in [2.24, 2.45) is 0 Å². The molecule has 5 nitrogen and oxygen atoms in total. The molecule has 2 fully saturated rings. The van der Waals surface area contributed by atoms with Gasteiger partial charge in [0.05, 0.1) is 6.10 Å². The highest BCUT2D eigenvalue weighted by Gasteiger charge is 2.48. The quantitative estimate of drug-likeness (QED) is 0.692. The molecule has 88 valence electrons. The zero-order valence-electron chi connectivity index (χ0n) is 8.93. The van der Waals surface area contributed by atoms with Crippen LogP contribution in [0.4, 0.5) is 0 Å². The van der Waals surface area contributed by atoms with Crippen molar-refractivity contribution < 1.29 is 22.1 Å². The first kappa shape index (κ1) is 11.3. The summed E-state index contributed by atoms with van der Waals surface area (Å²) in [5, 5.41) is 0. The van der Waals surface area contributed by atoms with Crippen LogP contribution in [-0.4, -0.2) is 25.9 Å². The third-order valence-electron chi connectivity index (χ3n) is 2.57. The summed E-state index contributed by atoms with van der Waals surface area (Å²) in [4.78, 5) is 0. The molecule has 0 spiro atoms. The van der Waals surface area contributed by atoms with Gasteiger partial charge in [-0.3, -0.25) is 4.18 Å². The van der Waals surface area contributed by atoms with Gasteiger partial charge in [-0.15, -0.1) is 0 Å². The van der Waals surface area contributed by atoms with E-state index in [0.717, 1.165) is 25.7 Å². The van der Waals surface area contributed by atoms with Gasteiger partial charge < -0.3 is 9.47 Å². The van der Waals surface area contributed by atoms with Gasteiger partial charge >= 0.3 is 10.1 Å². The predicted molar refractivity (Wildman–Crippen MR) is 52.3 cm³/mol. The van der Waals surface area contributed by atoms with Crippen molar-refractivity contribution >= 4 is 10.1 Å². The van der Waals surface area contributed by atoms with Crippen molar-refractivity contribution in [1.82, 2.24) is 0 Å². The van der Waals surface area contributed by atoms with E-state index in [1.165, 1.54) is 0 Å². The van der Waals surface area contributed by atoms with Gasteiger partial charge in [0.25, 0.3) is 5.62 Å². The van der Waals surface area contributed by atoms with Crippen molar-refractivity contribution in [3.63, 3.8) is 0 Å². The van der Waals surface area contributed by atoms with E-state index in [9.17, 15) is 8.42 Å². The lowest BCUT2D eigenvalue weighted by molar-refractivity contribution is -0.404. The molecule has 0 aromatic rings. The Labute approximate surface area is 89.8 Å². The standard InChI is InChI=1S/C9H16O5S/c1-9(2)12-8(13-9)15(10,11)14-7-5-3-4-6-7/h7-8H,3-6H2,1-2H3. The fraction of sp³-hybridized carbons (Fsp3) is 1.00. The van der Waals surface area contributed by atoms with E-state index in [1.54, 1.807) is 13.8 Å². The molecule has 0 amide bonds. The van der Waals surface area contributed by atoms with Crippen LogP contribution >= 0.6 is 0 Å². The Balaban J connectivity index is 1.90. The Kier molecular flexibility index (Phi) is 2.79. The number of hydrogen-bond donors (Lipinski definition) is 0. The van der Waals surface area contributed by atoms with Gasteiger partial charge in [-0.25, -0.2) is 0 Å². The van der Waals surface area contributed by atoms with Crippen LogP contribution in [0, 0.1) is 0 Å². The van der Waals surface area contributed by atoms with E-state index in [0.29, 0.717) is 0 Å². The molecule has 2 aliphatic rings. The third kappa shape index (κ3) is 2.50. The average Bonchev–Trinajstić information content (AvgIpc) is 2.51. The first-order valence-electron chi connectivity index (χ1n) is 5.17. The Bertz CT molecular complexity index is 320. The summed E-state index contributed by atoms with van der Waals surface area (Å²) in [6.07, 6.45) is 3.46. The molecule has 1 aliphatic heterocycles. The summed E-state index contributed by atoms with van der Waals surface area (Å²) in [5.74, 6) is -0.809. The van der Waals surface area contributed by atoms with Gasteiger partial charge in [-0.2, -0.15) is 8.42 Å². The second-order valence-electron chi connectivity index (χ2n) is 4.42. The third-order valence-corrected chi connectivity index (χ3v) is 3.77. The summed E-state index contributed by atoms with van der Waals surface area (Å²) >= 11 is 0. The van der Waals surface area contributed by atoms with Crippen molar-refractivity contribution in [3.05, 3.63) is 0 Å². The predicted octanol–water partition coefficient (Wildman–Crippen LogP) is 1.34. The SMILES string of the molecule is CC1(C)OC(S(=O)(=O)OC2CCCC2)O1. The lowest BCUT2D eigenvalue weighted by Crippen LogP contribution is -2.53. The highest BCUT2D eigenvalue weighted by molar-refractivity contribution is 7.87. The fourth-order valence-corrected chi connectivity index (χ4v) is 3.17. The Hall–Kier alpha value is -0.170. The first-order chi connectivity index (χ1) is 6.89. The van der Waals surface area contributed by atoms with Crippen molar-refractivity contribution in [2.75, 3.05) is 0 Å². The topological polar surface area (TPSA) is 61.8 Å². The second-order valence-corrected chi connectivity index (χ2v) is 5.98. The molecule has 0 aromatic carbocycles. The molecule has 1 aliphatic carbocycles. The Morgan fingerprint density at radius 1 is 1.20 bits per heavy atom. The van der Waals surface area contributed by atoms with Crippen LogP contribution in [-0.2, 0) is 23.8 Å². The normalized spacial score (nSPS) is 27.9. The molecule has 6 heteroatoms. The highest BCUT2D eigenvalue weighted by atomic mass is 32.2. The van der Waals surface area contributed by atoms with Crippen LogP contribution in [0.15, 0.2) is 0 Å².